The summed E-state index contributed by atoms with van der Waals surface area (Å²) in [6.07, 6.45) is -4.46. The molecule has 18 heavy (non-hydrogen) atoms. The van der Waals surface area contributed by atoms with Gasteiger partial charge in [-0.3, -0.25) is 0 Å². The van der Waals surface area contributed by atoms with Crippen molar-refractivity contribution in [3.8, 4) is 17.6 Å². The molecule has 0 aliphatic carbocycles. The average molecular weight is 264 g/mol. The number of hydrogen-bond donors (Lipinski definition) is 0. The zero-order valence-corrected chi connectivity index (χ0v) is 9.53. The van der Waals surface area contributed by atoms with Crippen LogP contribution in [0.15, 0.2) is 12.1 Å². The van der Waals surface area contributed by atoms with Gasteiger partial charge in [-0.25, -0.2) is 4.39 Å². The van der Waals surface area contributed by atoms with Crippen LogP contribution in [-0.4, -0.2) is 13.3 Å². The van der Waals surface area contributed by atoms with Gasteiger partial charge in [0.1, 0.15) is 5.92 Å². The van der Waals surface area contributed by atoms with Crippen LogP contribution in [0.1, 0.15) is 12.5 Å². The van der Waals surface area contributed by atoms with Crippen LogP contribution in [0.25, 0.3) is 0 Å². The zero-order valence-electron chi connectivity index (χ0n) is 9.53. The molecular weight excluding hydrogens is 255 g/mol. The van der Waals surface area contributed by atoms with E-state index in [1.807, 2.05) is 5.92 Å². The molecule has 0 heterocycles. The Balaban J connectivity index is 3.14. The Morgan fingerprint density at radius 2 is 1.83 bits per heavy atom. The molecule has 0 aliphatic rings. The van der Waals surface area contributed by atoms with Crippen LogP contribution in [0.3, 0.4) is 0 Å². The number of ether oxygens (including phenoxy) is 1. The van der Waals surface area contributed by atoms with E-state index in [2.05, 4.69) is 10.7 Å². The summed E-state index contributed by atoms with van der Waals surface area (Å²) in [5.74, 6) is -0.741. The predicted molar refractivity (Wildman–Crippen MR) is 55.0 cm³/mol. The minimum absolute atomic E-state index is 0.132. The van der Waals surface area contributed by atoms with Crippen LogP contribution in [0.5, 0.6) is 5.75 Å². The minimum atomic E-state index is -4.46. The lowest BCUT2D eigenvalue weighted by atomic mass is 10.1. The summed E-state index contributed by atoms with van der Waals surface area (Å²) in [6, 6.07) is 1.84. The first-order chi connectivity index (χ1) is 8.27. The van der Waals surface area contributed by atoms with Crippen molar-refractivity contribution in [1.29, 1.82) is 0 Å². The first kappa shape index (κ1) is 14.3. The molecule has 1 aromatic rings. The molecule has 0 radical (unpaired) electrons. The van der Waals surface area contributed by atoms with Gasteiger partial charge in [0.2, 0.25) is 5.82 Å². The molecule has 0 aromatic heterocycles. The Morgan fingerprint density at radius 3 is 2.33 bits per heavy atom. The molecular formula is C12H9F5O. The van der Waals surface area contributed by atoms with Gasteiger partial charge >= 0.3 is 6.18 Å². The standard InChI is InChI=1S/C12H9F5O/c1-7(12(15,16)17)3-4-8-5-6-9(13)10(14)11(8)18-2/h5-7H,1-2H3/t7-/m1/s1. The fourth-order valence-corrected chi connectivity index (χ4v) is 1.10. The second-order valence-electron chi connectivity index (χ2n) is 3.47. The molecule has 1 rings (SSSR count). The van der Waals surface area contributed by atoms with Gasteiger partial charge < -0.3 is 4.74 Å². The number of halogens is 5. The fraction of sp³-hybridized carbons (Fsp3) is 0.333. The van der Waals surface area contributed by atoms with E-state index in [1.54, 1.807) is 0 Å². The number of methoxy groups -OCH3 is 1. The number of benzene rings is 1. The molecule has 0 fully saturated rings. The number of hydrogen-bond acceptors (Lipinski definition) is 1. The summed E-state index contributed by atoms with van der Waals surface area (Å²) in [7, 11) is 1.08. The summed E-state index contributed by atoms with van der Waals surface area (Å²) in [4.78, 5) is 0. The van der Waals surface area contributed by atoms with Crippen molar-refractivity contribution in [2.45, 2.75) is 13.1 Å². The SMILES string of the molecule is COc1c(C#C[C@@H](C)C(F)(F)F)ccc(F)c1F. The summed E-state index contributed by atoms with van der Waals surface area (Å²) >= 11 is 0. The van der Waals surface area contributed by atoms with Gasteiger partial charge in [-0.15, -0.1) is 0 Å². The molecule has 0 saturated carbocycles. The molecule has 98 valence electrons. The van der Waals surface area contributed by atoms with Crippen LogP contribution >= 0.6 is 0 Å². The lowest BCUT2D eigenvalue weighted by Crippen LogP contribution is -2.17. The van der Waals surface area contributed by atoms with Crippen molar-refractivity contribution in [1.82, 2.24) is 0 Å². The molecule has 0 saturated heterocycles. The number of rotatable bonds is 1. The van der Waals surface area contributed by atoms with E-state index in [0.717, 1.165) is 26.2 Å². The normalized spacial score (nSPS) is 12.6. The van der Waals surface area contributed by atoms with Gasteiger partial charge in [0.15, 0.2) is 11.6 Å². The van der Waals surface area contributed by atoms with E-state index in [1.165, 1.54) is 0 Å². The number of alkyl halides is 3. The van der Waals surface area contributed by atoms with Gasteiger partial charge in [-0.05, 0) is 19.1 Å². The third kappa shape index (κ3) is 3.13. The lowest BCUT2D eigenvalue weighted by Gasteiger charge is -2.08. The van der Waals surface area contributed by atoms with Crippen LogP contribution < -0.4 is 4.74 Å². The Bertz CT molecular complexity index is 496. The first-order valence-electron chi connectivity index (χ1n) is 4.87. The second-order valence-corrected chi connectivity index (χ2v) is 3.47. The summed E-state index contributed by atoms with van der Waals surface area (Å²) in [5.41, 5.74) is -0.132. The molecule has 0 N–H and O–H groups in total. The monoisotopic (exact) mass is 264 g/mol. The molecule has 1 atom stereocenters. The molecule has 0 aliphatic heterocycles. The van der Waals surface area contributed by atoms with Crippen molar-refractivity contribution < 1.29 is 26.7 Å². The highest BCUT2D eigenvalue weighted by molar-refractivity contribution is 5.47. The van der Waals surface area contributed by atoms with E-state index in [0.29, 0.717) is 0 Å². The largest absolute Gasteiger partial charge is 0.492 e. The predicted octanol–water partition coefficient (Wildman–Crippen LogP) is 3.52. The van der Waals surface area contributed by atoms with Gasteiger partial charge in [-0.2, -0.15) is 17.6 Å². The maximum Gasteiger partial charge on any atom is 0.402 e. The van der Waals surface area contributed by atoms with Crippen molar-refractivity contribution >= 4 is 0 Å². The zero-order chi connectivity index (χ0) is 13.9. The van der Waals surface area contributed by atoms with E-state index in [9.17, 15) is 22.0 Å². The van der Waals surface area contributed by atoms with Crippen molar-refractivity contribution in [2.75, 3.05) is 7.11 Å². The van der Waals surface area contributed by atoms with Gasteiger partial charge in [0.05, 0.1) is 12.7 Å². The molecule has 0 bridgehead atoms. The first-order valence-corrected chi connectivity index (χ1v) is 4.87. The highest BCUT2D eigenvalue weighted by Gasteiger charge is 2.34. The van der Waals surface area contributed by atoms with Crippen molar-refractivity contribution in [3.05, 3.63) is 29.3 Å². The van der Waals surface area contributed by atoms with Crippen LogP contribution in [-0.2, 0) is 0 Å². The highest BCUT2D eigenvalue weighted by Crippen LogP contribution is 2.27. The van der Waals surface area contributed by atoms with E-state index in [4.69, 9.17) is 0 Å². The molecule has 0 spiro atoms. The van der Waals surface area contributed by atoms with Gasteiger partial charge in [-0.1, -0.05) is 11.8 Å². The molecule has 6 heteroatoms. The molecule has 0 amide bonds. The van der Waals surface area contributed by atoms with E-state index >= 15 is 0 Å². The van der Waals surface area contributed by atoms with Gasteiger partial charge in [0.25, 0.3) is 0 Å². The minimum Gasteiger partial charge on any atom is -0.492 e. The third-order valence-corrected chi connectivity index (χ3v) is 2.17. The van der Waals surface area contributed by atoms with Crippen molar-refractivity contribution in [2.24, 2.45) is 5.92 Å². The Morgan fingerprint density at radius 1 is 1.22 bits per heavy atom. The Hall–Kier alpha value is -1.77. The average Bonchev–Trinajstić information content (AvgIpc) is 2.29. The Labute approximate surface area is 101 Å². The smallest absolute Gasteiger partial charge is 0.402 e. The topological polar surface area (TPSA) is 9.23 Å². The summed E-state index contributed by atoms with van der Waals surface area (Å²) in [5, 5.41) is 0. The molecule has 1 nitrogen and oxygen atoms in total. The molecule has 1 aromatic carbocycles. The third-order valence-electron chi connectivity index (χ3n) is 2.17. The van der Waals surface area contributed by atoms with Crippen LogP contribution in [0, 0.1) is 29.4 Å². The van der Waals surface area contributed by atoms with Gasteiger partial charge in [0, 0.05) is 0 Å². The van der Waals surface area contributed by atoms with Crippen LogP contribution in [0.2, 0.25) is 0 Å². The maximum atomic E-state index is 13.2. The van der Waals surface area contributed by atoms with E-state index in [-0.39, 0.29) is 5.56 Å². The summed E-state index contributed by atoms with van der Waals surface area (Å²) in [6.45, 7) is 0.874. The summed E-state index contributed by atoms with van der Waals surface area (Å²) < 4.78 is 67.3. The lowest BCUT2D eigenvalue weighted by molar-refractivity contribution is -0.153. The second kappa shape index (κ2) is 5.25. The van der Waals surface area contributed by atoms with Crippen LogP contribution in [0.4, 0.5) is 22.0 Å². The Kier molecular flexibility index (Phi) is 4.17. The fourth-order valence-electron chi connectivity index (χ4n) is 1.10. The van der Waals surface area contributed by atoms with E-state index < -0.39 is 29.5 Å². The molecule has 0 unspecified atom stereocenters. The highest BCUT2D eigenvalue weighted by atomic mass is 19.4. The quantitative estimate of drug-likeness (QED) is 0.557. The maximum absolute atomic E-state index is 13.2. The van der Waals surface area contributed by atoms with Crippen molar-refractivity contribution in [3.63, 3.8) is 0 Å².